The maximum absolute atomic E-state index is 12.0. The summed E-state index contributed by atoms with van der Waals surface area (Å²) in [5.74, 6) is 1.49. The van der Waals surface area contributed by atoms with Crippen LogP contribution in [0.1, 0.15) is 10.6 Å². The quantitative estimate of drug-likeness (QED) is 0.683. The lowest BCUT2D eigenvalue weighted by atomic mass is 10.2. The largest absolute Gasteiger partial charge is 0.497 e. The number of benzene rings is 2. The third-order valence-electron chi connectivity index (χ3n) is 3.39. The number of hydrogen-bond donors (Lipinski definition) is 2. The van der Waals surface area contributed by atoms with E-state index in [2.05, 4.69) is 20.8 Å². The van der Waals surface area contributed by atoms with E-state index >= 15 is 0 Å². The fraction of sp³-hybridized carbons (Fsp3) is 0.167. The molecule has 0 radical (unpaired) electrons. The summed E-state index contributed by atoms with van der Waals surface area (Å²) in [4.78, 5) is 12.0. The van der Waals surface area contributed by atoms with E-state index < -0.39 is 6.03 Å². The maximum Gasteiger partial charge on any atom is 0.325 e. The third-order valence-corrected chi connectivity index (χ3v) is 4.20. The predicted octanol–water partition coefficient (Wildman–Crippen LogP) is 4.08. The first-order valence-electron chi connectivity index (χ1n) is 7.86. The molecule has 0 saturated carbocycles. The molecular weight excluding hydrogens is 352 g/mol. The number of aryl methyl sites for hydroxylation is 1. The van der Waals surface area contributed by atoms with E-state index in [9.17, 15) is 4.79 Å². The van der Waals surface area contributed by atoms with E-state index in [4.69, 9.17) is 9.47 Å². The number of amides is 2. The van der Waals surface area contributed by atoms with Crippen molar-refractivity contribution in [1.29, 1.82) is 0 Å². The van der Waals surface area contributed by atoms with Gasteiger partial charge in [-0.15, -0.1) is 10.2 Å². The van der Waals surface area contributed by atoms with Crippen LogP contribution in [0.15, 0.2) is 48.5 Å². The monoisotopic (exact) mass is 370 g/mol. The molecule has 0 fully saturated rings. The Balaban J connectivity index is 1.51. The van der Waals surface area contributed by atoms with Crippen molar-refractivity contribution in [3.8, 4) is 11.5 Å². The van der Waals surface area contributed by atoms with E-state index in [1.807, 2.05) is 31.2 Å². The van der Waals surface area contributed by atoms with Crippen LogP contribution in [0.3, 0.4) is 0 Å². The molecule has 3 rings (SSSR count). The van der Waals surface area contributed by atoms with Gasteiger partial charge in [-0.3, -0.25) is 5.32 Å². The summed E-state index contributed by atoms with van der Waals surface area (Å²) in [6.45, 7) is 2.30. The smallest absolute Gasteiger partial charge is 0.325 e. The molecule has 0 aliphatic carbocycles. The van der Waals surface area contributed by atoms with Crippen molar-refractivity contribution in [2.24, 2.45) is 0 Å². The molecule has 1 aromatic heterocycles. The molecule has 1 heterocycles. The first-order valence-corrected chi connectivity index (χ1v) is 8.68. The summed E-state index contributed by atoms with van der Waals surface area (Å²) in [6.07, 6.45) is 0. The molecule has 3 aromatic rings. The highest BCUT2D eigenvalue weighted by molar-refractivity contribution is 7.15. The molecule has 0 atom stereocenters. The minimum Gasteiger partial charge on any atom is -0.497 e. The minimum absolute atomic E-state index is 0.295. The molecule has 26 heavy (non-hydrogen) atoms. The molecule has 134 valence electrons. The van der Waals surface area contributed by atoms with E-state index in [-0.39, 0.29) is 0 Å². The second kappa shape index (κ2) is 8.30. The van der Waals surface area contributed by atoms with Gasteiger partial charge >= 0.3 is 6.03 Å². The van der Waals surface area contributed by atoms with Gasteiger partial charge in [0.15, 0.2) is 5.01 Å². The molecule has 2 amide bonds. The Hall–Kier alpha value is -3.13. The summed E-state index contributed by atoms with van der Waals surface area (Å²) in [6, 6.07) is 14.4. The van der Waals surface area contributed by atoms with Gasteiger partial charge < -0.3 is 14.8 Å². The first kappa shape index (κ1) is 17.7. The van der Waals surface area contributed by atoms with Gasteiger partial charge in [0, 0.05) is 5.69 Å². The molecule has 8 heteroatoms. The molecule has 0 saturated heterocycles. The molecule has 0 spiro atoms. The Kier molecular flexibility index (Phi) is 5.65. The van der Waals surface area contributed by atoms with Crippen LogP contribution in [0.2, 0.25) is 0 Å². The van der Waals surface area contributed by atoms with E-state index in [0.29, 0.717) is 22.4 Å². The van der Waals surface area contributed by atoms with Crippen molar-refractivity contribution >= 4 is 28.2 Å². The Morgan fingerprint density at radius 1 is 1.08 bits per heavy atom. The highest BCUT2D eigenvalue weighted by Crippen LogP contribution is 2.20. The average molecular weight is 370 g/mol. The Bertz CT molecular complexity index is 880. The molecule has 2 N–H and O–H groups in total. The molecule has 0 aliphatic rings. The highest BCUT2D eigenvalue weighted by Gasteiger charge is 2.09. The molecule has 0 unspecified atom stereocenters. The second-order valence-electron chi connectivity index (χ2n) is 5.41. The first-order chi connectivity index (χ1) is 12.6. The van der Waals surface area contributed by atoms with Gasteiger partial charge in [-0.1, -0.05) is 23.5 Å². The van der Waals surface area contributed by atoms with Crippen LogP contribution in [-0.4, -0.2) is 23.3 Å². The second-order valence-corrected chi connectivity index (χ2v) is 6.48. The summed E-state index contributed by atoms with van der Waals surface area (Å²) in [5.41, 5.74) is 1.77. The number of urea groups is 1. The number of ether oxygens (including phenoxy) is 2. The van der Waals surface area contributed by atoms with Crippen molar-refractivity contribution in [2.75, 3.05) is 17.7 Å². The average Bonchev–Trinajstić information content (AvgIpc) is 3.08. The van der Waals surface area contributed by atoms with Gasteiger partial charge in [0.25, 0.3) is 0 Å². The van der Waals surface area contributed by atoms with Crippen molar-refractivity contribution < 1.29 is 14.3 Å². The number of hydrogen-bond acceptors (Lipinski definition) is 6. The van der Waals surface area contributed by atoms with Gasteiger partial charge in [0.1, 0.15) is 18.1 Å². The Labute approximate surface area is 155 Å². The van der Waals surface area contributed by atoms with Gasteiger partial charge in [0.05, 0.1) is 7.11 Å². The Morgan fingerprint density at radius 2 is 1.88 bits per heavy atom. The predicted molar refractivity (Wildman–Crippen MR) is 101 cm³/mol. The minimum atomic E-state index is -0.391. The number of nitrogens with zero attached hydrogens (tertiary/aromatic N) is 2. The SMILES string of the molecule is COc1ccc(NC(=O)Nc2nnc(COc3cccc(C)c3)s2)cc1. The summed E-state index contributed by atoms with van der Waals surface area (Å²) in [5, 5.41) is 14.4. The van der Waals surface area contributed by atoms with Crippen molar-refractivity contribution in [1.82, 2.24) is 10.2 Å². The van der Waals surface area contributed by atoms with Crippen LogP contribution in [0.25, 0.3) is 0 Å². The molecule has 0 bridgehead atoms. The van der Waals surface area contributed by atoms with Crippen LogP contribution in [0, 0.1) is 6.92 Å². The number of carbonyl (C=O) groups is 1. The number of anilines is 2. The molecular formula is C18H18N4O3S. The molecule has 2 aromatic carbocycles. The van der Waals surface area contributed by atoms with Crippen LogP contribution in [0.4, 0.5) is 15.6 Å². The summed E-state index contributed by atoms with van der Waals surface area (Å²) >= 11 is 1.26. The zero-order valence-electron chi connectivity index (χ0n) is 14.4. The number of methoxy groups -OCH3 is 1. The van der Waals surface area contributed by atoms with Crippen LogP contribution in [0.5, 0.6) is 11.5 Å². The third kappa shape index (κ3) is 4.93. The zero-order valence-corrected chi connectivity index (χ0v) is 15.2. The van der Waals surface area contributed by atoms with E-state index in [0.717, 1.165) is 17.1 Å². The maximum atomic E-state index is 12.0. The highest BCUT2D eigenvalue weighted by atomic mass is 32.1. The summed E-state index contributed by atoms with van der Waals surface area (Å²) < 4.78 is 10.8. The van der Waals surface area contributed by atoms with Gasteiger partial charge in [-0.05, 0) is 48.9 Å². The lowest BCUT2D eigenvalue weighted by molar-refractivity contribution is 0.262. The standard InChI is InChI=1S/C18H18N4O3S/c1-12-4-3-5-15(10-12)25-11-16-21-22-18(26-16)20-17(23)19-13-6-8-14(24-2)9-7-13/h3-10H,11H2,1-2H3,(H2,19,20,22,23). The van der Waals surface area contributed by atoms with E-state index in [1.165, 1.54) is 11.3 Å². The topological polar surface area (TPSA) is 85.4 Å². The van der Waals surface area contributed by atoms with Crippen LogP contribution < -0.4 is 20.1 Å². The van der Waals surface area contributed by atoms with Crippen molar-refractivity contribution in [3.05, 3.63) is 59.1 Å². The number of rotatable bonds is 6. The number of nitrogens with one attached hydrogen (secondary N) is 2. The van der Waals surface area contributed by atoms with Gasteiger partial charge in [0.2, 0.25) is 5.13 Å². The normalized spacial score (nSPS) is 10.2. The zero-order chi connectivity index (χ0) is 18.4. The molecule has 7 nitrogen and oxygen atoms in total. The Morgan fingerprint density at radius 3 is 2.62 bits per heavy atom. The van der Waals surface area contributed by atoms with Gasteiger partial charge in [-0.2, -0.15) is 0 Å². The molecule has 0 aliphatic heterocycles. The fourth-order valence-corrected chi connectivity index (χ4v) is 2.79. The summed E-state index contributed by atoms with van der Waals surface area (Å²) in [7, 11) is 1.59. The number of aromatic nitrogens is 2. The number of carbonyl (C=O) groups excluding carboxylic acids is 1. The van der Waals surface area contributed by atoms with Crippen molar-refractivity contribution in [2.45, 2.75) is 13.5 Å². The fourth-order valence-electron chi connectivity index (χ4n) is 2.15. The van der Waals surface area contributed by atoms with Crippen LogP contribution >= 0.6 is 11.3 Å². The van der Waals surface area contributed by atoms with Crippen LogP contribution in [-0.2, 0) is 6.61 Å². The van der Waals surface area contributed by atoms with E-state index in [1.54, 1.807) is 31.4 Å². The lowest BCUT2D eigenvalue weighted by Crippen LogP contribution is -2.19. The lowest BCUT2D eigenvalue weighted by Gasteiger charge is -2.06. The van der Waals surface area contributed by atoms with Crippen molar-refractivity contribution in [3.63, 3.8) is 0 Å². The van der Waals surface area contributed by atoms with Gasteiger partial charge in [-0.25, -0.2) is 4.79 Å².